The zero-order chi connectivity index (χ0) is 29.0. The summed E-state index contributed by atoms with van der Waals surface area (Å²) in [5.41, 5.74) is 14.4. The van der Waals surface area contributed by atoms with Gasteiger partial charge in [-0.2, -0.15) is 0 Å². The number of guanidine groups is 1. The number of hydrogen-bond acceptors (Lipinski definition) is 5. The number of nitrogens with two attached hydrogens (primary N) is 2. The molecule has 0 unspecified atom stereocenters. The summed E-state index contributed by atoms with van der Waals surface area (Å²) >= 11 is 0. The van der Waals surface area contributed by atoms with Gasteiger partial charge < -0.3 is 27.4 Å². The largest absolute Gasteiger partial charge is 0.370 e. The van der Waals surface area contributed by atoms with Crippen LogP contribution < -0.4 is 27.4 Å². The van der Waals surface area contributed by atoms with Gasteiger partial charge in [0.2, 0.25) is 5.91 Å². The number of aliphatic imine (C=N–C) groups is 1. The van der Waals surface area contributed by atoms with Crippen LogP contribution in [0.4, 0.5) is 0 Å². The predicted octanol–water partition coefficient (Wildman–Crippen LogP) is 3.55. The van der Waals surface area contributed by atoms with Gasteiger partial charge in [-0.3, -0.25) is 19.6 Å². The van der Waals surface area contributed by atoms with E-state index in [-0.39, 0.29) is 23.8 Å². The molecule has 0 aliphatic rings. The molecule has 0 spiro atoms. The number of rotatable bonds is 13. The molecule has 9 heteroatoms. The molecule has 0 aliphatic heterocycles. The molecule has 1 aromatic heterocycles. The lowest BCUT2D eigenvalue weighted by atomic mass is 9.99. The highest BCUT2D eigenvalue weighted by Gasteiger charge is 2.23. The molecule has 0 aliphatic carbocycles. The summed E-state index contributed by atoms with van der Waals surface area (Å²) in [4.78, 5) is 34.9. The van der Waals surface area contributed by atoms with Crippen molar-refractivity contribution in [1.82, 2.24) is 20.9 Å². The van der Waals surface area contributed by atoms with Gasteiger partial charge in [0.15, 0.2) is 5.96 Å². The van der Waals surface area contributed by atoms with Gasteiger partial charge in [-0.15, -0.1) is 0 Å². The zero-order valence-corrected chi connectivity index (χ0v) is 23.2. The number of nitrogens with one attached hydrogen (secondary N) is 3. The summed E-state index contributed by atoms with van der Waals surface area (Å²) < 4.78 is 0. The molecular weight excluding hydrogens is 514 g/mol. The lowest BCUT2D eigenvalue weighted by molar-refractivity contribution is -0.123. The minimum Gasteiger partial charge on any atom is -0.370 e. The molecule has 4 rings (SSSR count). The first kappa shape index (κ1) is 29.2. The van der Waals surface area contributed by atoms with Crippen LogP contribution in [-0.2, 0) is 17.9 Å². The number of fused-ring (bicyclic) bond motifs is 1. The van der Waals surface area contributed by atoms with Crippen LogP contribution in [0.15, 0.2) is 96.1 Å². The summed E-state index contributed by atoms with van der Waals surface area (Å²) in [5.74, 6) is -0.592. The zero-order valence-electron chi connectivity index (χ0n) is 23.2. The summed E-state index contributed by atoms with van der Waals surface area (Å²) in [7, 11) is 0. The van der Waals surface area contributed by atoms with Crippen LogP contribution >= 0.6 is 0 Å². The number of benzene rings is 3. The third-order valence-corrected chi connectivity index (χ3v) is 6.79. The maximum absolute atomic E-state index is 13.4. The van der Waals surface area contributed by atoms with Crippen molar-refractivity contribution in [3.63, 3.8) is 0 Å². The molecule has 2 amide bonds. The number of amides is 2. The Hall–Kier alpha value is -4.76. The van der Waals surface area contributed by atoms with Crippen LogP contribution in [0.25, 0.3) is 10.8 Å². The molecule has 3 aromatic carbocycles. The molecule has 0 radical (unpaired) electrons. The van der Waals surface area contributed by atoms with Gasteiger partial charge in [-0.25, -0.2) is 0 Å². The van der Waals surface area contributed by atoms with Gasteiger partial charge in [-0.05, 0) is 65.9 Å². The van der Waals surface area contributed by atoms with Crippen molar-refractivity contribution in [1.29, 1.82) is 0 Å². The topological polar surface area (TPSA) is 148 Å². The van der Waals surface area contributed by atoms with E-state index in [4.69, 9.17) is 11.5 Å². The predicted molar refractivity (Wildman–Crippen MR) is 163 cm³/mol. The molecule has 0 saturated heterocycles. The van der Waals surface area contributed by atoms with Gasteiger partial charge >= 0.3 is 0 Å². The fraction of sp³-hybridized carbons (Fsp3) is 0.250. The fourth-order valence-electron chi connectivity index (χ4n) is 4.65. The van der Waals surface area contributed by atoms with Gasteiger partial charge in [0.25, 0.3) is 5.91 Å². The van der Waals surface area contributed by atoms with Gasteiger partial charge in [0.05, 0.1) is 11.7 Å². The normalized spacial score (nSPS) is 12.3. The Balaban J connectivity index is 1.39. The number of carbonyl (C=O) groups excluding carboxylic acids is 2. The second-order valence-electron chi connectivity index (χ2n) is 9.90. The van der Waals surface area contributed by atoms with Crippen LogP contribution in [0.3, 0.4) is 0 Å². The van der Waals surface area contributed by atoms with Crippen molar-refractivity contribution in [2.75, 3.05) is 6.54 Å². The minimum absolute atomic E-state index is 0.00535. The molecule has 41 heavy (non-hydrogen) atoms. The maximum Gasteiger partial charge on any atom is 0.251 e. The van der Waals surface area contributed by atoms with Crippen molar-refractivity contribution in [2.24, 2.45) is 16.5 Å². The molecule has 0 fully saturated rings. The number of hydrogen-bond donors (Lipinski definition) is 5. The summed E-state index contributed by atoms with van der Waals surface area (Å²) in [6.07, 6.45) is 2.68. The lowest BCUT2D eigenvalue weighted by Gasteiger charge is -2.22. The Morgan fingerprint density at radius 1 is 0.878 bits per heavy atom. The SMILES string of the molecule is C[C@H](NC(=O)[C@H](CCCN=C(N)N)NC(=O)c1ccc(CNCc2ccccn2)cc1)c1cccc2ccccc12. The average Bonchev–Trinajstić information content (AvgIpc) is 2.99. The first-order chi connectivity index (χ1) is 19.9. The second-order valence-corrected chi connectivity index (χ2v) is 9.90. The van der Waals surface area contributed by atoms with E-state index < -0.39 is 6.04 Å². The first-order valence-electron chi connectivity index (χ1n) is 13.7. The van der Waals surface area contributed by atoms with Crippen LogP contribution in [0.5, 0.6) is 0 Å². The molecule has 4 aromatic rings. The number of aromatic nitrogens is 1. The summed E-state index contributed by atoms with van der Waals surface area (Å²) in [6, 6.07) is 26.2. The average molecular weight is 552 g/mol. The minimum atomic E-state index is -0.756. The van der Waals surface area contributed by atoms with E-state index in [1.54, 1.807) is 18.3 Å². The number of pyridine rings is 1. The molecule has 2 atom stereocenters. The van der Waals surface area contributed by atoms with Gasteiger partial charge in [0.1, 0.15) is 6.04 Å². The maximum atomic E-state index is 13.4. The van der Waals surface area contributed by atoms with Crippen LogP contribution in [-0.4, -0.2) is 35.3 Å². The molecule has 7 N–H and O–H groups in total. The Labute approximate surface area is 240 Å². The quantitative estimate of drug-likeness (QED) is 0.0975. The van der Waals surface area contributed by atoms with Crippen molar-refractivity contribution in [2.45, 2.75) is 44.9 Å². The molecule has 9 nitrogen and oxygen atoms in total. The number of carbonyl (C=O) groups is 2. The van der Waals surface area contributed by atoms with Gasteiger partial charge in [-0.1, -0.05) is 60.7 Å². The standard InChI is InChI=1S/C32H37N7O2/c1-22(27-12-6-9-24-8-2-3-11-28(24)27)38-31(41)29(13-7-19-37-32(33)34)39-30(40)25-16-14-23(15-17-25)20-35-21-26-10-4-5-18-36-26/h2-6,8-12,14-18,22,29,35H,7,13,19-21H2,1H3,(H,38,41)(H,39,40)(H4,33,34,37)/t22-,29-/m0/s1. The van der Waals surface area contributed by atoms with E-state index in [1.807, 2.05) is 79.7 Å². The Bertz CT molecular complexity index is 1460. The highest BCUT2D eigenvalue weighted by Crippen LogP contribution is 2.24. The number of nitrogens with zero attached hydrogens (tertiary/aromatic N) is 2. The van der Waals surface area contributed by atoms with Crippen molar-refractivity contribution in [3.05, 3.63) is 114 Å². The van der Waals surface area contributed by atoms with Crippen LogP contribution in [0.2, 0.25) is 0 Å². The van der Waals surface area contributed by atoms with E-state index in [2.05, 4.69) is 25.9 Å². The van der Waals surface area contributed by atoms with E-state index in [1.165, 1.54) is 0 Å². The van der Waals surface area contributed by atoms with E-state index in [0.717, 1.165) is 27.6 Å². The molecule has 0 bridgehead atoms. The fourth-order valence-corrected chi connectivity index (χ4v) is 4.65. The van der Waals surface area contributed by atoms with E-state index >= 15 is 0 Å². The second kappa shape index (κ2) is 14.6. The molecule has 0 saturated carbocycles. The summed E-state index contributed by atoms with van der Waals surface area (Å²) in [6.45, 7) is 3.59. The molecular formula is C32H37N7O2. The molecule has 212 valence electrons. The Kier molecular flexibility index (Phi) is 10.4. The highest BCUT2D eigenvalue weighted by atomic mass is 16.2. The van der Waals surface area contributed by atoms with Gasteiger partial charge in [0, 0.05) is 31.4 Å². The molecule has 1 heterocycles. The van der Waals surface area contributed by atoms with E-state index in [0.29, 0.717) is 38.0 Å². The Morgan fingerprint density at radius 2 is 1.63 bits per heavy atom. The smallest absolute Gasteiger partial charge is 0.251 e. The van der Waals surface area contributed by atoms with Crippen molar-refractivity contribution < 1.29 is 9.59 Å². The first-order valence-corrected chi connectivity index (χ1v) is 13.7. The van der Waals surface area contributed by atoms with Crippen LogP contribution in [0.1, 0.15) is 53.0 Å². The van der Waals surface area contributed by atoms with Crippen molar-refractivity contribution >= 4 is 28.5 Å². The lowest BCUT2D eigenvalue weighted by Crippen LogP contribution is -2.47. The van der Waals surface area contributed by atoms with Crippen LogP contribution in [0, 0.1) is 0 Å². The van der Waals surface area contributed by atoms with E-state index in [9.17, 15) is 9.59 Å². The third kappa shape index (κ3) is 8.61. The summed E-state index contributed by atoms with van der Waals surface area (Å²) in [5, 5.41) is 11.5. The Morgan fingerprint density at radius 3 is 2.39 bits per heavy atom. The van der Waals surface area contributed by atoms with Crippen molar-refractivity contribution in [3.8, 4) is 0 Å². The highest BCUT2D eigenvalue weighted by molar-refractivity contribution is 5.97. The third-order valence-electron chi connectivity index (χ3n) is 6.79. The monoisotopic (exact) mass is 551 g/mol.